The van der Waals surface area contributed by atoms with E-state index in [0.717, 1.165) is 34.3 Å². The Morgan fingerprint density at radius 1 is 1.15 bits per heavy atom. The first-order valence-electron chi connectivity index (χ1n) is 8.70. The maximum atomic E-state index is 12.4. The van der Waals surface area contributed by atoms with Gasteiger partial charge in [-0.3, -0.25) is 4.79 Å². The molecule has 4 rings (SSSR count). The number of hydrogen-bond donors (Lipinski definition) is 0. The van der Waals surface area contributed by atoms with Crippen molar-refractivity contribution in [2.24, 2.45) is 0 Å². The van der Waals surface area contributed by atoms with Crippen molar-refractivity contribution in [3.05, 3.63) is 58.9 Å². The number of hydrogen-bond acceptors (Lipinski definition) is 4. The molecule has 0 radical (unpaired) electrons. The highest BCUT2D eigenvalue weighted by Crippen LogP contribution is 2.30. The molecule has 1 aliphatic heterocycles. The summed E-state index contributed by atoms with van der Waals surface area (Å²) in [7, 11) is 0. The SMILES string of the molecule is O=C(COc1ccc(Br)cc1)N1CCC(c2nc3ccccc3o2)CC1. The molecule has 0 bridgehead atoms. The van der Waals surface area contributed by atoms with Crippen LogP contribution in [0.25, 0.3) is 11.1 Å². The van der Waals surface area contributed by atoms with Crippen LogP contribution in [-0.2, 0) is 4.79 Å². The van der Waals surface area contributed by atoms with E-state index in [9.17, 15) is 4.79 Å². The van der Waals surface area contributed by atoms with Crippen molar-refractivity contribution >= 4 is 32.9 Å². The lowest BCUT2D eigenvalue weighted by molar-refractivity contribution is -0.134. The lowest BCUT2D eigenvalue weighted by atomic mass is 9.97. The van der Waals surface area contributed by atoms with Crippen LogP contribution in [0.3, 0.4) is 0 Å². The zero-order valence-electron chi connectivity index (χ0n) is 14.2. The fourth-order valence-corrected chi connectivity index (χ4v) is 3.47. The average Bonchev–Trinajstić information content (AvgIpc) is 3.12. The van der Waals surface area contributed by atoms with E-state index in [1.807, 2.05) is 53.4 Å². The molecule has 0 spiro atoms. The Morgan fingerprint density at radius 2 is 1.88 bits per heavy atom. The van der Waals surface area contributed by atoms with Gasteiger partial charge in [-0.05, 0) is 49.2 Å². The highest BCUT2D eigenvalue weighted by molar-refractivity contribution is 9.10. The van der Waals surface area contributed by atoms with Crippen LogP contribution < -0.4 is 4.74 Å². The van der Waals surface area contributed by atoms with Gasteiger partial charge in [-0.25, -0.2) is 4.98 Å². The van der Waals surface area contributed by atoms with E-state index in [4.69, 9.17) is 9.15 Å². The molecule has 3 aromatic rings. The van der Waals surface area contributed by atoms with Gasteiger partial charge in [0, 0.05) is 23.5 Å². The van der Waals surface area contributed by atoms with E-state index in [0.29, 0.717) is 18.8 Å². The number of oxazole rings is 1. The Labute approximate surface area is 160 Å². The minimum Gasteiger partial charge on any atom is -0.484 e. The highest BCUT2D eigenvalue weighted by atomic mass is 79.9. The van der Waals surface area contributed by atoms with Crippen molar-refractivity contribution in [3.63, 3.8) is 0 Å². The lowest BCUT2D eigenvalue weighted by Gasteiger charge is -2.30. The van der Waals surface area contributed by atoms with Crippen molar-refractivity contribution in [1.82, 2.24) is 9.88 Å². The number of rotatable bonds is 4. The summed E-state index contributed by atoms with van der Waals surface area (Å²) in [5.41, 5.74) is 1.72. The Balaban J connectivity index is 1.31. The molecule has 0 atom stereocenters. The topological polar surface area (TPSA) is 55.6 Å². The van der Waals surface area contributed by atoms with E-state index in [-0.39, 0.29) is 18.4 Å². The summed E-state index contributed by atoms with van der Waals surface area (Å²) in [5.74, 6) is 1.76. The van der Waals surface area contributed by atoms with Gasteiger partial charge in [0.2, 0.25) is 0 Å². The smallest absolute Gasteiger partial charge is 0.260 e. The summed E-state index contributed by atoms with van der Waals surface area (Å²) in [4.78, 5) is 18.8. The standard InChI is InChI=1S/C20H19BrN2O3/c21-15-5-7-16(8-6-15)25-13-19(24)23-11-9-14(10-12-23)20-22-17-3-1-2-4-18(17)26-20/h1-8,14H,9-13H2. The zero-order valence-corrected chi connectivity index (χ0v) is 15.8. The number of amides is 1. The van der Waals surface area contributed by atoms with Crippen LogP contribution in [0.5, 0.6) is 5.75 Å². The minimum atomic E-state index is 0.0175. The van der Waals surface area contributed by atoms with Gasteiger partial charge in [0.15, 0.2) is 18.1 Å². The quantitative estimate of drug-likeness (QED) is 0.635. The van der Waals surface area contributed by atoms with Crippen molar-refractivity contribution in [1.29, 1.82) is 0 Å². The minimum absolute atomic E-state index is 0.0175. The fraction of sp³-hybridized carbons (Fsp3) is 0.300. The molecular formula is C20H19BrN2O3. The van der Waals surface area contributed by atoms with E-state index in [1.54, 1.807) is 0 Å². The maximum absolute atomic E-state index is 12.4. The highest BCUT2D eigenvalue weighted by Gasteiger charge is 2.27. The van der Waals surface area contributed by atoms with Crippen LogP contribution in [0.4, 0.5) is 0 Å². The predicted octanol–water partition coefficient (Wildman–Crippen LogP) is 4.38. The molecular weight excluding hydrogens is 396 g/mol. The fourth-order valence-electron chi connectivity index (χ4n) is 3.21. The number of fused-ring (bicyclic) bond motifs is 1. The summed E-state index contributed by atoms with van der Waals surface area (Å²) in [5, 5.41) is 0. The molecule has 0 N–H and O–H groups in total. The van der Waals surface area contributed by atoms with E-state index >= 15 is 0 Å². The number of piperidine rings is 1. The molecule has 0 saturated carbocycles. The lowest BCUT2D eigenvalue weighted by Crippen LogP contribution is -2.40. The summed E-state index contributed by atoms with van der Waals surface area (Å²) in [6.45, 7) is 1.47. The summed E-state index contributed by atoms with van der Waals surface area (Å²) >= 11 is 3.38. The largest absolute Gasteiger partial charge is 0.484 e. The number of nitrogens with zero attached hydrogens (tertiary/aromatic N) is 2. The molecule has 1 amide bonds. The Kier molecular flexibility index (Phi) is 4.93. The number of para-hydroxylation sites is 2. The van der Waals surface area contributed by atoms with Gasteiger partial charge in [-0.15, -0.1) is 0 Å². The molecule has 134 valence electrons. The Bertz CT molecular complexity index is 866. The maximum Gasteiger partial charge on any atom is 0.260 e. The van der Waals surface area contributed by atoms with Crippen LogP contribution in [-0.4, -0.2) is 35.5 Å². The Hall–Kier alpha value is -2.34. The van der Waals surface area contributed by atoms with Gasteiger partial charge in [0.1, 0.15) is 11.3 Å². The molecule has 0 unspecified atom stereocenters. The number of ether oxygens (including phenoxy) is 1. The molecule has 2 heterocycles. The van der Waals surface area contributed by atoms with Crippen LogP contribution in [0.15, 0.2) is 57.4 Å². The molecule has 5 nitrogen and oxygen atoms in total. The second-order valence-corrected chi connectivity index (χ2v) is 7.33. The van der Waals surface area contributed by atoms with E-state index in [2.05, 4.69) is 20.9 Å². The van der Waals surface area contributed by atoms with Gasteiger partial charge < -0.3 is 14.1 Å². The number of carbonyl (C=O) groups excluding carboxylic acids is 1. The molecule has 2 aromatic carbocycles. The average molecular weight is 415 g/mol. The van der Waals surface area contributed by atoms with E-state index < -0.39 is 0 Å². The number of benzene rings is 2. The normalized spacial score (nSPS) is 15.3. The van der Waals surface area contributed by atoms with Crippen LogP contribution >= 0.6 is 15.9 Å². The van der Waals surface area contributed by atoms with Crippen molar-refractivity contribution < 1.29 is 13.9 Å². The van der Waals surface area contributed by atoms with Crippen molar-refractivity contribution in [2.75, 3.05) is 19.7 Å². The number of halogens is 1. The molecule has 1 aliphatic rings. The summed E-state index contributed by atoms with van der Waals surface area (Å²) in [6.07, 6.45) is 1.72. The van der Waals surface area contributed by atoms with Gasteiger partial charge in [0.25, 0.3) is 5.91 Å². The molecule has 1 saturated heterocycles. The third kappa shape index (κ3) is 3.75. The first kappa shape index (κ1) is 17.1. The molecule has 6 heteroatoms. The monoisotopic (exact) mass is 414 g/mol. The first-order chi connectivity index (χ1) is 12.7. The van der Waals surface area contributed by atoms with Crippen LogP contribution in [0.2, 0.25) is 0 Å². The van der Waals surface area contributed by atoms with Crippen LogP contribution in [0.1, 0.15) is 24.7 Å². The van der Waals surface area contributed by atoms with Crippen LogP contribution in [0, 0.1) is 0 Å². The summed E-state index contributed by atoms with van der Waals surface area (Å²) < 4.78 is 12.4. The van der Waals surface area contributed by atoms with Gasteiger partial charge in [0.05, 0.1) is 0 Å². The molecule has 1 fully saturated rings. The third-order valence-corrected chi connectivity index (χ3v) is 5.21. The van der Waals surface area contributed by atoms with Gasteiger partial charge in [-0.2, -0.15) is 0 Å². The van der Waals surface area contributed by atoms with Crippen molar-refractivity contribution in [3.8, 4) is 5.75 Å². The molecule has 0 aliphatic carbocycles. The molecule has 26 heavy (non-hydrogen) atoms. The summed E-state index contributed by atoms with van der Waals surface area (Å²) in [6, 6.07) is 15.3. The van der Waals surface area contributed by atoms with Gasteiger partial charge >= 0.3 is 0 Å². The molecule has 1 aromatic heterocycles. The zero-order chi connectivity index (χ0) is 17.9. The third-order valence-electron chi connectivity index (χ3n) is 4.68. The Morgan fingerprint density at radius 3 is 2.62 bits per heavy atom. The number of carbonyl (C=O) groups is 1. The first-order valence-corrected chi connectivity index (χ1v) is 9.50. The second kappa shape index (κ2) is 7.50. The van der Waals surface area contributed by atoms with Crippen molar-refractivity contribution in [2.45, 2.75) is 18.8 Å². The van der Waals surface area contributed by atoms with Gasteiger partial charge in [-0.1, -0.05) is 28.1 Å². The second-order valence-electron chi connectivity index (χ2n) is 6.42. The predicted molar refractivity (Wildman–Crippen MR) is 102 cm³/mol. The number of aromatic nitrogens is 1. The van der Waals surface area contributed by atoms with E-state index in [1.165, 1.54) is 0 Å². The number of likely N-dealkylation sites (tertiary alicyclic amines) is 1.